The number of allylic oxidation sites excluding steroid dienone is 2. The second kappa shape index (κ2) is 6.01. The van der Waals surface area contributed by atoms with Gasteiger partial charge in [-0.05, 0) is 13.3 Å². The molecule has 0 spiro atoms. The maximum atomic E-state index is 11.6. The van der Waals surface area contributed by atoms with Gasteiger partial charge in [-0.25, -0.2) is 0 Å². The van der Waals surface area contributed by atoms with Gasteiger partial charge in [0.25, 0.3) is 0 Å². The summed E-state index contributed by atoms with van der Waals surface area (Å²) in [6.07, 6.45) is 4.70. The van der Waals surface area contributed by atoms with E-state index >= 15 is 0 Å². The number of ether oxygens (including phenoxy) is 2. The van der Waals surface area contributed by atoms with E-state index in [0.29, 0.717) is 0 Å². The predicted octanol–water partition coefficient (Wildman–Crippen LogP) is 1.47. The summed E-state index contributed by atoms with van der Waals surface area (Å²) in [7, 11) is 2.46. The van der Waals surface area contributed by atoms with Gasteiger partial charge in [-0.15, -0.1) is 6.58 Å². The van der Waals surface area contributed by atoms with Gasteiger partial charge in [0.2, 0.25) is 0 Å². The minimum Gasteiger partial charge on any atom is -0.468 e. The van der Waals surface area contributed by atoms with Crippen molar-refractivity contribution in [3.05, 3.63) is 24.8 Å². The van der Waals surface area contributed by atoms with Crippen molar-refractivity contribution in [2.24, 2.45) is 5.41 Å². The molecule has 4 nitrogen and oxygen atoms in total. The summed E-state index contributed by atoms with van der Waals surface area (Å²) in [5, 5.41) is 0. The molecular formula is C11H16O4. The van der Waals surface area contributed by atoms with Crippen LogP contribution in [0, 0.1) is 5.41 Å². The molecular weight excluding hydrogens is 196 g/mol. The van der Waals surface area contributed by atoms with Crippen LogP contribution in [0.2, 0.25) is 0 Å². The quantitative estimate of drug-likeness (QED) is 0.393. The van der Waals surface area contributed by atoms with Crippen molar-refractivity contribution in [3.63, 3.8) is 0 Å². The van der Waals surface area contributed by atoms with Crippen molar-refractivity contribution in [3.8, 4) is 0 Å². The lowest BCUT2D eigenvalue weighted by atomic mass is 9.84. The van der Waals surface area contributed by atoms with E-state index in [1.807, 2.05) is 0 Å². The van der Waals surface area contributed by atoms with E-state index in [4.69, 9.17) is 0 Å². The van der Waals surface area contributed by atoms with Crippen LogP contribution in [0.3, 0.4) is 0 Å². The first-order chi connectivity index (χ1) is 7.08. The van der Waals surface area contributed by atoms with Crippen LogP contribution in [0.15, 0.2) is 24.8 Å². The Morgan fingerprint density at radius 1 is 1.27 bits per heavy atom. The Hall–Kier alpha value is -1.58. The van der Waals surface area contributed by atoms with Crippen LogP contribution < -0.4 is 0 Å². The molecule has 0 aliphatic heterocycles. The average Bonchev–Trinajstić information content (AvgIpc) is 2.26. The van der Waals surface area contributed by atoms with Gasteiger partial charge in [0.05, 0.1) is 14.2 Å². The minimum atomic E-state index is -1.40. The molecule has 0 rings (SSSR count). The van der Waals surface area contributed by atoms with Gasteiger partial charge in [-0.1, -0.05) is 18.2 Å². The molecule has 0 heterocycles. The van der Waals surface area contributed by atoms with Crippen LogP contribution in [-0.4, -0.2) is 26.2 Å². The maximum absolute atomic E-state index is 11.6. The van der Waals surface area contributed by atoms with Gasteiger partial charge in [0, 0.05) is 0 Å². The summed E-state index contributed by atoms with van der Waals surface area (Å²) in [6, 6.07) is 0. The van der Waals surface area contributed by atoms with E-state index in [0.717, 1.165) is 0 Å². The molecule has 0 saturated heterocycles. The first-order valence-corrected chi connectivity index (χ1v) is 4.50. The summed E-state index contributed by atoms with van der Waals surface area (Å²) >= 11 is 0. The predicted molar refractivity (Wildman–Crippen MR) is 56.1 cm³/mol. The molecule has 0 aromatic heterocycles. The summed E-state index contributed by atoms with van der Waals surface area (Å²) in [6.45, 7) is 5.22. The highest BCUT2D eigenvalue weighted by atomic mass is 16.5. The van der Waals surface area contributed by atoms with Crippen molar-refractivity contribution in [2.75, 3.05) is 14.2 Å². The Balaban J connectivity index is 5.33. The third-order valence-electron chi connectivity index (χ3n) is 2.02. The fraction of sp³-hybridized carbons (Fsp3) is 0.455. The summed E-state index contributed by atoms with van der Waals surface area (Å²) < 4.78 is 9.21. The molecule has 0 aliphatic carbocycles. The lowest BCUT2D eigenvalue weighted by Gasteiger charge is -2.23. The van der Waals surface area contributed by atoms with Crippen molar-refractivity contribution in [1.82, 2.24) is 0 Å². The van der Waals surface area contributed by atoms with Crippen molar-refractivity contribution < 1.29 is 19.1 Å². The van der Waals surface area contributed by atoms with Gasteiger partial charge in [0.15, 0.2) is 5.41 Å². The van der Waals surface area contributed by atoms with Crippen molar-refractivity contribution >= 4 is 11.9 Å². The van der Waals surface area contributed by atoms with Gasteiger partial charge < -0.3 is 9.47 Å². The number of esters is 2. The van der Waals surface area contributed by atoms with E-state index in [-0.39, 0.29) is 6.42 Å². The average molecular weight is 212 g/mol. The standard InChI is InChI=1S/C11H16O4/c1-5-7-11(8-6-2,9(12)14-3)10(13)15-4/h5-6,8H,1,7H2,2-4H3. The van der Waals surface area contributed by atoms with Gasteiger partial charge in [-0.2, -0.15) is 0 Å². The Kier molecular flexibility index (Phi) is 5.37. The molecule has 0 bridgehead atoms. The van der Waals surface area contributed by atoms with Crippen molar-refractivity contribution in [1.29, 1.82) is 0 Å². The first-order valence-electron chi connectivity index (χ1n) is 4.50. The SMILES string of the molecule is C=CCC(C=CC)(C(=O)OC)C(=O)OC. The monoisotopic (exact) mass is 212 g/mol. The molecule has 0 aromatic rings. The summed E-state index contributed by atoms with van der Waals surface area (Å²) in [5.74, 6) is -1.29. The number of hydrogen-bond acceptors (Lipinski definition) is 4. The zero-order valence-electron chi connectivity index (χ0n) is 9.28. The van der Waals surface area contributed by atoms with E-state index in [1.165, 1.54) is 26.4 Å². The third-order valence-corrected chi connectivity index (χ3v) is 2.02. The molecule has 0 aromatic carbocycles. The molecule has 0 atom stereocenters. The number of carbonyl (C=O) groups is 2. The minimum absolute atomic E-state index is 0.149. The maximum Gasteiger partial charge on any atom is 0.327 e. The molecule has 0 aliphatic rings. The summed E-state index contributed by atoms with van der Waals surface area (Å²) in [4.78, 5) is 23.2. The van der Waals surface area contributed by atoms with Crippen LogP contribution in [0.25, 0.3) is 0 Å². The Morgan fingerprint density at radius 3 is 2.00 bits per heavy atom. The van der Waals surface area contributed by atoms with Crippen molar-refractivity contribution in [2.45, 2.75) is 13.3 Å². The molecule has 0 saturated carbocycles. The van der Waals surface area contributed by atoms with Crippen LogP contribution in [-0.2, 0) is 19.1 Å². The smallest absolute Gasteiger partial charge is 0.327 e. The first kappa shape index (κ1) is 13.4. The lowest BCUT2D eigenvalue weighted by Crippen LogP contribution is -2.39. The van der Waals surface area contributed by atoms with E-state index in [2.05, 4.69) is 16.1 Å². The highest BCUT2D eigenvalue weighted by Gasteiger charge is 2.44. The second-order valence-electron chi connectivity index (χ2n) is 2.95. The zero-order valence-corrected chi connectivity index (χ0v) is 9.28. The number of hydrogen-bond donors (Lipinski definition) is 0. The highest BCUT2D eigenvalue weighted by molar-refractivity contribution is 6.02. The lowest BCUT2D eigenvalue weighted by molar-refractivity contribution is -0.164. The molecule has 0 fully saturated rings. The largest absolute Gasteiger partial charge is 0.468 e. The molecule has 0 N–H and O–H groups in total. The van der Waals surface area contributed by atoms with Gasteiger partial charge in [0.1, 0.15) is 0 Å². The number of rotatable bonds is 5. The Morgan fingerprint density at radius 2 is 1.73 bits per heavy atom. The van der Waals surface area contributed by atoms with Crippen LogP contribution in [0.1, 0.15) is 13.3 Å². The van der Waals surface area contributed by atoms with E-state index in [1.54, 1.807) is 13.0 Å². The topological polar surface area (TPSA) is 52.6 Å². The normalized spacial score (nSPS) is 11.1. The fourth-order valence-corrected chi connectivity index (χ4v) is 1.33. The van der Waals surface area contributed by atoms with E-state index < -0.39 is 17.4 Å². The van der Waals surface area contributed by atoms with Crippen LogP contribution >= 0.6 is 0 Å². The number of carbonyl (C=O) groups excluding carboxylic acids is 2. The van der Waals surface area contributed by atoms with Crippen LogP contribution in [0.5, 0.6) is 0 Å². The molecule has 0 amide bonds. The van der Waals surface area contributed by atoms with Gasteiger partial charge >= 0.3 is 11.9 Å². The number of methoxy groups -OCH3 is 2. The van der Waals surface area contributed by atoms with Crippen LogP contribution in [0.4, 0.5) is 0 Å². The molecule has 84 valence electrons. The summed E-state index contributed by atoms with van der Waals surface area (Å²) in [5.41, 5.74) is -1.40. The van der Waals surface area contributed by atoms with E-state index in [9.17, 15) is 9.59 Å². The fourth-order valence-electron chi connectivity index (χ4n) is 1.33. The molecule has 0 unspecified atom stereocenters. The second-order valence-corrected chi connectivity index (χ2v) is 2.95. The zero-order chi connectivity index (χ0) is 11.9. The molecule has 4 heteroatoms. The third kappa shape index (κ3) is 2.68. The molecule has 15 heavy (non-hydrogen) atoms. The molecule has 0 radical (unpaired) electrons. The van der Waals surface area contributed by atoms with Gasteiger partial charge in [-0.3, -0.25) is 9.59 Å². The highest BCUT2D eigenvalue weighted by Crippen LogP contribution is 2.28. The Labute approximate surface area is 89.6 Å². The Bertz CT molecular complexity index is 262.